The monoisotopic (exact) mass is 196 g/mol. The fraction of sp³-hybridized carbons (Fsp3) is 0.444. The van der Waals surface area contributed by atoms with E-state index in [9.17, 15) is 4.79 Å². The van der Waals surface area contributed by atoms with Gasteiger partial charge in [0.15, 0.2) is 6.23 Å². The number of hydrogen-bond donors (Lipinski definition) is 2. The Bertz CT molecular complexity index is 300. The Morgan fingerprint density at radius 2 is 2.50 bits per heavy atom. The molecule has 1 unspecified atom stereocenters. The van der Waals surface area contributed by atoms with Gasteiger partial charge in [0.1, 0.15) is 6.23 Å². The molecular formula is C9H12N2O3. The number of aliphatic hydroxyl groups is 1. The zero-order valence-electron chi connectivity index (χ0n) is 7.64. The van der Waals surface area contributed by atoms with Crippen molar-refractivity contribution in [2.24, 2.45) is 0 Å². The van der Waals surface area contributed by atoms with Crippen molar-refractivity contribution in [3.05, 3.63) is 24.6 Å². The second kappa shape index (κ2) is 3.34. The molecule has 0 saturated carbocycles. The van der Waals surface area contributed by atoms with Crippen LogP contribution in [-0.2, 0) is 4.74 Å². The van der Waals surface area contributed by atoms with E-state index < -0.39 is 6.23 Å². The summed E-state index contributed by atoms with van der Waals surface area (Å²) in [4.78, 5) is 12.8. The van der Waals surface area contributed by atoms with E-state index in [-0.39, 0.29) is 12.3 Å². The first-order valence-electron chi connectivity index (χ1n) is 4.46. The highest BCUT2D eigenvalue weighted by atomic mass is 16.5. The normalized spacial score (nSPS) is 31.6. The van der Waals surface area contributed by atoms with Gasteiger partial charge in [-0.3, -0.25) is 4.90 Å². The topological polar surface area (TPSA) is 61.8 Å². The van der Waals surface area contributed by atoms with E-state index in [4.69, 9.17) is 9.84 Å². The first kappa shape index (κ1) is 9.08. The minimum atomic E-state index is -0.900. The van der Waals surface area contributed by atoms with Gasteiger partial charge in [-0.1, -0.05) is 6.58 Å². The summed E-state index contributed by atoms with van der Waals surface area (Å²) in [6.45, 7) is 3.69. The summed E-state index contributed by atoms with van der Waals surface area (Å²) in [7, 11) is 0. The molecule has 0 aromatic carbocycles. The fourth-order valence-corrected chi connectivity index (χ4v) is 1.51. The number of allylic oxidation sites excluding steroid dienone is 1. The van der Waals surface area contributed by atoms with Crippen LogP contribution in [0, 0.1) is 0 Å². The number of aliphatic hydroxyl groups excluding tert-OH is 1. The molecule has 2 aliphatic rings. The summed E-state index contributed by atoms with van der Waals surface area (Å²) in [5.41, 5.74) is 0. The van der Waals surface area contributed by atoms with Gasteiger partial charge in [0.05, 0.1) is 5.76 Å². The third kappa shape index (κ3) is 1.58. The number of rotatable bonds is 1. The largest absolute Gasteiger partial charge is 0.475 e. The number of urea groups is 1. The van der Waals surface area contributed by atoms with E-state index in [1.807, 2.05) is 0 Å². The van der Waals surface area contributed by atoms with Gasteiger partial charge in [0.2, 0.25) is 0 Å². The van der Waals surface area contributed by atoms with Gasteiger partial charge in [-0.25, -0.2) is 4.79 Å². The van der Waals surface area contributed by atoms with Crippen LogP contribution in [-0.4, -0.2) is 28.5 Å². The quantitative estimate of drug-likeness (QED) is 0.641. The van der Waals surface area contributed by atoms with E-state index in [0.29, 0.717) is 5.76 Å². The van der Waals surface area contributed by atoms with Crippen LogP contribution >= 0.6 is 0 Å². The van der Waals surface area contributed by atoms with Gasteiger partial charge in [-0.05, 0) is 6.08 Å². The molecule has 1 fully saturated rings. The number of ether oxygens (including phenoxy) is 1. The molecule has 2 atom stereocenters. The smallest absolute Gasteiger partial charge is 0.326 e. The van der Waals surface area contributed by atoms with Gasteiger partial charge in [0.25, 0.3) is 0 Å². The molecule has 2 rings (SSSR count). The molecule has 14 heavy (non-hydrogen) atoms. The molecule has 0 aromatic heterocycles. The van der Waals surface area contributed by atoms with E-state index >= 15 is 0 Å². The SMILES string of the molecule is C=C1CC[C@H](N2C=CC(O)NC2=O)O1. The summed E-state index contributed by atoms with van der Waals surface area (Å²) in [5, 5.41) is 11.5. The molecule has 5 heteroatoms. The Morgan fingerprint density at radius 1 is 1.71 bits per heavy atom. The summed E-state index contributed by atoms with van der Waals surface area (Å²) in [6.07, 6.45) is 3.35. The molecule has 2 N–H and O–H groups in total. The van der Waals surface area contributed by atoms with Crippen molar-refractivity contribution in [1.29, 1.82) is 0 Å². The highest BCUT2D eigenvalue weighted by Crippen LogP contribution is 2.25. The predicted molar refractivity (Wildman–Crippen MR) is 48.8 cm³/mol. The van der Waals surface area contributed by atoms with E-state index in [0.717, 1.165) is 12.8 Å². The van der Waals surface area contributed by atoms with Crippen LogP contribution in [0.3, 0.4) is 0 Å². The Labute approximate surface area is 81.6 Å². The highest BCUT2D eigenvalue weighted by Gasteiger charge is 2.30. The Balaban J connectivity index is 2.07. The molecule has 0 bridgehead atoms. The van der Waals surface area contributed by atoms with Gasteiger partial charge < -0.3 is 15.2 Å². The van der Waals surface area contributed by atoms with Crippen molar-refractivity contribution >= 4 is 6.03 Å². The van der Waals surface area contributed by atoms with Crippen molar-refractivity contribution in [1.82, 2.24) is 10.2 Å². The summed E-state index contributed by atoms with van der Waals surface area (Å²) in [6, 6.07) is -0.347. The maximum atomic E-state index is 11.4. The van der Waals surface area contributed by atoms with Crippen LogP contribution < -0.4 is 5.32 Å². The lowest BCUT2D eigenvalue weighted by Crippen LogP contribution is -2.49. The molecule has 2 amide bonds. The lowest BCUT2D eigenvalue weighted by Gasteiger charge is -2.29. The second-order valence-corrected chi connectivity index (χ2v) is 3.29. The van der Waals surface area contributed by atoms with Crippen molar-refractivity contribution < 1.29 is 14.6 Å². The second-order valence-electron chi connectivity index (χ2n) is 3.29. The average Bonchev–Trinajstić information content (AvgIpc) is 2.51. The Morgan fingerprint density at radius 3 is 3.07 bits per heavy atom. The standard InChI is InChI=1S/C9H12N2O3/c1-6-2-3-8(14-6)11-5-4-7(12)10-9(11)13/h4-5,7-8,12H,1-3H2,(H,10,13)/t7?,8-/m1/s1. The van der Waals surface area contributed by atoms with Crippen LogP contribution in [0.2, 0.25) is 0 Å². The molecule has 0 aromatic rings. The zero-order valence-corrected chi connectivity index (χ0v) is 7.64. The van der Waals surface area contributed by atoms with Gasteiger partial charge in [0, 0.05) is 19.0 Å². The van der Waals surface area contributed by atoms with Crippen molar-refractivity contribution in [2.45, 2.75) is 25.3 Å². The highest BCUT2D eigenvalue weighted by molar-refractivity contribution is 5.77. The maximum absolute atomic E-state index is 11.4. The van der Waals surface area contributed by atoms with E-state index in [1.165, 1.54) is 17.2 Å². The Hall–Kier alpha value is -1.49. The molecule has 1 saturated heterocycles. The first-order valence-corrected chi connectivity index (χ1v) is 4.46. The van der Waals surface area contributed by atoms with Gasteiger partial charge in [-0.15, -0.1) is 0 Å². The van der Waals surface area contributed by atoms with Crippen molar-refractivity contribution in [3.63, 3.8) is 0 Å². The lowest BCUT2D eigenvalue weighted by molar-refractivity contribution is 0.0467. The van der Waals surface area contributed by atoms with Gasteiger partial charge in [-0.2, -0.15) is 0 Å². The van der Waals surface area contributed by atoms with Crippen molar-refractivity contribution in [2.75, 3.05) is 0 Å². The van der Waals surface area contributed by atoms with Crippen molar-refractivity contribution in [3.8, 4) is 0 Å². The minimum absolute atomic E-state index is 0.286. The Kier molecular flexibility index (Phi) is 2.17. The third-order valence-electron chi connectivity index (χ3n) is 2.22. The number of nitrogens with one attached hydrogen (secondary N) is 1. The average molecular weight is 196 g/mol. The number of hydrogen-bond acceptors (Lipinski definition) is 3. The molecule has 2 heterocycles. The molecule has 2 aliphatic heterocycles. The maximum Gasteiger partial charge on any atom is 0.326 e. The molecule has 0 aliphatic carbocycles. The van der Waals surface area contributed by atoms with Gasteiger partial charge >= 0.3 is 6.03 Å². The summed E-state index contributed by atoms with van der Waals surface area (Å²) < 4.78 is 5.34. The van der Waals surface area contributed by atoms with Crippen LogP contribution in [0.1, 0.15) is 12.8 Å². The van der Waals surface area contributed by atoms with Crippen LogP contribution in [0.5, 0.6) is 0 Å². The van der Waals surface area contributed by atoms with E-state index in [1.54, 1.807) is 0 Å². The zero-order chi connectivity index (χ0) is 10.1. The third-order valence-corrected chi connectivity index (χ3v) is 2.22. The number of amides is 2. The molecule has 0 radical (unpaired) electrons. The molecular weight excluding hydrogens is 184 g/mol. The molecule has 5 nitrogen and oxygen atoms in total. The molecule has 76 valence electrons. The molecule has 0 spiro atoms. The summed E-state index contributed by atoms with van der Waals surface area (Å²) in [5.74, 6) is 0.697. The first-order chi connectivity index (χ1) is 6.66. The van der Waals surface area contributed by atoms with Crippen LogP contribution in [0.15, 0.2) is 24.6 Å². The fourth-order valence-electron chi connectivity index (χ4n) is 1.51. The van der Waals surface area contributed by atoms with Crippen LogP contribution in [0.25, 0.3) is 0 Å². The summed E-state index contributed by atoms with van der Waals surface area (Å²) >= 11 is 0. The number of carbonyl (C=O) groups is 1. The number of carbonyl (C=O) groups excluding carboxylic acids is 1. The minimum Gasteiger partial charge on any atom is -0.475 e. The van der Waals surface area contributed by atoms with Crippen LogP contribution in [0.4, 0.5) is 4.79 Å². The number of nitrogens with zero attached hydrogens (tertiary/aromatic N) is 1. The lowest BCUT2D eigenvalue weighted by atomic mass is 10.3. The van der Waals surface area contributed by atoms with E-state index in [2.05, 4.69) is 11.9 Å². The predicted octanol–water partition coefficient (Wildman–Crippen LogP) is 0.494.